The Labute approximate surface area is 143 Å². The zero-order valence-electron chi connectivity index (χ0n) is 13.4. The highest BCUT2D eigenvalue weighted by molar-refractivity contribution is 7.05. The Kier molecular flexibility index (Phi) is 3.73. The molecule has 0 saturated heterocycles. The van der Waals surface area contributed by atoms with Gasteiger partial charge in [-0.2, -0.15) is 5.10 Å². The summed E-state index contributed by atoms with van der Waals surface area (Å²) in [7, 11) is 0. The van der Waals surface area contributed by atoms with E-state index in [-0.39, 0.29) is 6.04 Å². The average molecular weight is 339 g/mol. The van der Waals surface area contributed by atoms with Gasteiger partial charge in [-0.1, -0.05) is 10.6 Å². The molecule has 0 radical (unpaired) electrons. The molecule has 4 rings (SSSR count). The third-order valence-electron chi connectivity index (χ3n) is 3.83. The van der Waals surface area contributed by atoms with Crippen molar-refractivity contribution in [2.45, 2.75) is 26.4 Å². The zero-order chi connectivity index (χ0) is 16.5. The van der Waals surface area contributed by atoms with Crippen molar-refractivity contribution >= 4 is 22.9 Å². The fourth-order valence-corrected chi connectivity index (χ4v) is 3.34. The second-order valence-corrected chi connectivity index (χ2v) is 6.50. The first kappa shape index (κ1) is 14.8. The number of aromatic nitrogens is 6. The van der Waals surface area contributed by atoms with Crippen LogP contribution in [0.25, 0.3) is 5.65 Å². The van der Waals surface area contributed by atoms with E-state index in [9.17, 15) is 0 Å². The van der Waals surface area contributed by atoms with Crippen LogP contribution >= 0.6 is 11.5 Å². The van der Waals surface area contributed by atoms with E-state index in [1.165, 1.54) is 11.5 Å². The normalized spacial score (nSPS) is 12.6. The topological polar surface area (TPSA) is 72.9 Å². The van der Waals surface area contributed by atoms with Gasteiger partial charge in [0, 0.05) is 18.6 Å². The standard InChI is InChI=1S/C16H17N7S/c1-11(16-12(2)20-21-24-16)18-13-7-17-23(9-13)10-14-8-22-6-4-3-5-15(22)19-14/h3-9,11,18H,10H2,1-2H3. The summed E-state index contributed by atoms with van der Waals surface area (Å²) in [6.45, 7) is 4.71. The fraction of sp³-hybridized carbons (Fsp3) is 0.250. The molecular weight excluding hydrogens is 322 g/mol. The molecule has 0 spiro atoms. The highest BCUT2D eigenvalue weighted by Crippen LogP contribution is 2.23. The summed E-state index contributed by atoms with van der Waals surface area (Å²) in [4.78, 5) is 5.74. The second kappa shape index (κ2) is 6.04. The van der Waals surface area contributed by atoms with Crippen molar-refractivity contribution in [1.29, 1.82) is 0 Å². The number of imidazole rings is 1. The maximum absolute atomic E-state index is 4.60. The van der Waals surface area contributed by atoms with Crippen LogP contribution in [0.15, 0.2) is 43.0 Å². The van der Waals surface area contributed by atoms with Crippen LogP contribution in [0.5, 0.6) is 0 Å². The summed E-state index contributed by atoms with van der Waals surface area (Å²) in [6, 6.07) is 6.12. The minimum atomic E-state index is 0.151. The first-order valence-electron chi connectivity index (χ1n) is 7.69. The van der Waals surface area contributed by atoms with Crippen molar-refractivity contribution < 1.29 is 0 Å². The van der Waals surface area contributed by atoms with Crippen molar-refractivity contribution in [2.75, 3.05) is 5.32 Å². The van der Waals surface area contributed by atoms with Gasteiger partial charge in [0.15, 0.2) is 0 Å². The lowest BCUT2D eigenvalue weighted by atomic mass is 10.2. The maximum Gasteiger partial charge on any atom is 0.137 e. The molecule has 1 unspecified atom stereocenters. The number of pyridine rings is 1. The second-order valence-electron chi connectivity index (χ2n) is 5.71. The fourth-order valence-electron chi connectivity index (χ4n) is 2.70. The monoisotopic (exact) mass is 339 g/mol. The Bertz CT molecular complexity index is 935. The Hall–Kier alpha value is -2.74. The lowest BCUT2D eigenvalue weighted by Crippen LogP contribution is -2.06. The third kappa shape index (κ3) is 2.88. The number of nitrogens with zero attached hydrogens (tertiary/aromatic N) is 6. The minimum absolute atomic E-state index is 0.151. The summed E-state index contributed by atoms with van der Waals surface area (Å²) in [5.41, 5.74) is 3.86. The molecule has 0 bridgehead atoms. The van der Waals surface area contributed by atoms with E-state index in [4.69, 9.17) is 0 Å². The Morgan fingerprint density at radius 2 is 2.21 bits per heavy atom. The molecule has 8 heteroatoms. The molecule has 7 nitrogen and oxygen atoms in total. The van der Waals surface area contributed by atoms with E-state index in [0.29, 0.717) is 6.54 Å². The van der Waals surface area contributed by atoms with E-state index in [1.807, 2.05) is 59.0 Å². The number of hydrogen-bond donors (Lipinski definition) is 1. The summed E-state index contributed by atoms with van der Waals surface area (Å²) >= 11 is 1.43. The number of nitrogens with one attached hydrogen (secondary N) is 1. The molecule has 0 aliphatic rings. The van der Waals surface area contributed by atoms with Crippen LogP contribution in [-0.2, 0) is 6.54 Å². The number of anilines is 1. The highest BCUT2D eigenvalue weighted by Gasteiger charge is 2.13. The molecule has 24 heavy (non-hydrogen) atoms. The molecular formula is C16H17N7S. The number of hydrogen-bond acceptors (Lipinski definition) is 6. The molecule has 0 fully saturated rings. The van der Waals surface area contributed by atoms with Crippen LogP contribution < -0.4 is 5.32 Å². The van der Waals surface area contributed by atoms with E-state index in [1.54, 1.807) is 0 Å². The molecule has 0 aliphatic heterocycles. The Morgan fingerprint density at radius 3 is 3.00 bits per heavy atom. The van der Waals surface area contributed by atoms with Gasteiger partial charge >= 0.3 is 0 Å². The maximum atomic E-state index is 4.60. The van der Waals surface area contributed by atoms with Gasteiger partial charge in [-0.3, -0.25) is 4.68 Å². The van der Waals surface area contributed by atoms with Crippen molar-refractivity contribution in [1.82, 2.24) is 28.8 Å². The van der Waals surface area contributed by atoms with Crippen LogP contribution in [0.3, 0.4) is 0 Å². The molecule has 4 aromatic rings. The van der Waals surface area contributed by atoms with Crippen molar-refractivity contribution in [2.24, 2.45) is 0 Å². The largest absolute Gasteiger partial charge is 0.375 e. The zero-order valence-corrected chi connectivity index (χ0v) is 14.2. The Morgan fingerprint density at radius 1 is 1.29 bits per heavy atom. The van der Waals surface area contributed by atoms with Gasteiger partial charge in [-0.25, -0.2) is 4.98 Å². The molecule has 4 aromatic heterocycles. The molecule has 4 heterocycles. The van der Waals surface area contributed by atoms with Gasteiger partial charge in [-0.05, 0) is 37.5 Å². The van der Waals surface area contributed by atoms with Crippen molar-refractivity contribution in [3.63, 3.8) is 0 Å². The van der Waals surface area contributed by atoms with Gasteiger partial charge in [0.2, 0.25) is 0 Å². The number of rotatable bonds is 5. The smallest absolute Gasteiger partial charge is 0.137 e. The van der Waals surface area contributed by atoms with Crippen LogP contribution in [0.2, 0.25) is 0 Å². The van der Waals surface area contributed by atoms with Gasteiger partial charge < -0.3 is 9.72 Å². The molecule has 122 valence electrons. The third-order valence-corrected chi connectivity index (χ3v) is 4.84. The number of aryl methyl sites for hydroxylation is 1. The van der Waals surface area contributed by atoms with Crippen LogP contribution in [0, 0.1) is 6.92 Å². The van der Waals surface area contributed by atoms with Crippen LogP contribution in [-0.4, -0.2) is 28.8 Å². The van der Waals surface area contributed by atoms with Crippen molar-refractivity contribution in [3.05, 3.63) is 59.3 Å². The average Bonchev–Trinajstić information content (AvgIpc) is 3.27. The molecule has 0 aliphatic carbocycles. The summed E-state index contributed by atoms with van der Waals surface area (Å²) < 4.78 is 7.88. The number of fused-ring (bicyclic) bond motifs is 1. The molecule has 0 saturated carbocycles. The quantitative estimate of drug-likeness (QED) is 0.605. The predicted octanol–water partition coefficient (Wildman–Crippen LogP) is 2.91. The SMILES string of the molecule is Cc1nnsc1C(C)Nc1cnn(Cc2cn3ccccc3n2)c1. The predicted molar refractivity (Wildman–Crippen MR) is 93.2 cm³/mol. The van der Waals surface area contributed by atoms with E-state index < -0.39 is 0 Å². The van der Waals surface area contributed by atoms with Gasteiger partial charge in [0.1, 0.15) is 5.65 Å². The first-order valence-corrected chi connectivity index (χ1v) is 8.47. The molecule has 0 aromatic carbocycles. The summed E-state index contributed by atoms with van der Waals surface area (Å²) in [5, 5.41) is 11.9. The molecule has 1 atom stereocenters. The summed E-state index contributed by atoms with van der Waals surface area (Å²) in [6.07, 6.45) is 7.84. The highest BCUT2D eigenvalue weighted by atomic mass is 32.1. The summed E-state index contributed by atoms with van der Waals surface area (Å²) in [5.74, 6) is 0. The lowest BCUT2D eigenvalue weighted by Gasteiger charge is -2.11. The molecule has 0 amide bonds. The van der Waals surface area contributed by atoms with Gasteiger partial charge in [0.25, 0.3) is 0 Å². The van der Waals surface area contributed by atoms with E-state index in [2.05, 4.69) is 31.9 Å². The molecule has 1 N–H and O–H groups in total. The Balaban J connectivity index is 1.47. The van der Waals surface area contributed by atoms with Crippen LogP contribution in [0.1, 0.15) is 29.2 Å². The van der Waals surface area contributed by atoms with Crippen molar-refractivity contribution in [3.8, 4) is 0 Å². The lowest BCUT2D eigenvalue weighted by molar-refractivity contribution is 0.676. The van der Waals surface area contributed by atoms with E-state index >= 15 is 0 Å². The van der Waals surface area contributed by atoms with Gasteiger partial charge in [0.05, 0.1) is 40.7 Å². The first-order chi connectivity index (χ1) is 11.7. The van der Waals surface area contributed by atoms with Gasteiger partial charge in [-0.15, -0.1) is 5.10 Å². The van der Waals surface area contributed by atoms with E-state index in [0.717, 1.165) is 27.6 Å². The minimum Gasteiger partial charge on any atom is -0.375 e. The van der Waals surface area contributed by atoms with Crippen LogP contribution in [0.4, 0.5) is 5.69 Å².